The lowest BCUT2D eigenvalue weighted by atomic mass is 10.2. The molecule has 1 aromatic carbocycles. The molecule has 0 aliphatic carbocycles. The van der Waals surface area contributed by atoms with Crippen LogP contribution in [0.2, 0.25) is 5.02 Å². The lowest BCUT2D eigenvalue weighted by molar-refractivity contribution is -0.119. The number of hydrogen-bond acceptors (Lipinski definition) is 3. The van der Waals surface area contributed by atoms with Crippen LogP contribution in [0.1, 0.15) is 5.56 Å². The van der Waals surface area contributed by atoms with Gasteiger partial charge in [0.1, 0.15) is 5.75 Å². The average Bonchev–Trinajstić information content (AvgIpc) is 2.29. The van der Waals surface area contributed by atoms with Crippen molar-refractivity contribution in [3.63, 3.8) is 0 Å². The summed E-state index contributed by atoms with van der Waals surface area (Å²) in [5.74, 6) is 0.608. The Hall–Kier alpha value is -1.26. The summed E-state index contributed by atoms with van der Waals surface area (Å²) in [4.78, 5) is 10.9. The molecule has 0 aliphatic heterocycles. The fraction of sp³-hybridized carbons (Fsp3) is 0.364. The van der Waals surface area contributed by atoms with E-state index in [0.29, 0.717) is 23.9 Å². The molecule has 16 heavy (non-hydrogen) atoms. The maximum atomic E-state index is 10.9. The van der Waals surface area contributed by atoms with Crippen LogP contribution in [0.25, 0.3) is 0 Å². The molecule has 1 aromatic rings. The number of benzene rings is 1. The van der Waals surface area contributed by atoms with Crippen molar-refractivity contribution in [2.24, 2.45) is 0 Å². The van der Waals surface area contributed by atoms with Crippen LogP contribution in [0.5, 0.6) is 5.75 Å². The molecule has 0 fully saturated rings. The number of nitrogens with one attached hydrogen (secondary N) is 2. The van der Waals surface area contributed by atoms with Crippen molar-refractivity contribution >= 4 is 17.5 Å². The summed E-state index contributed by atoms with van der Waals surface area (Å²) < 4.78 is 5.04. The zero-order chi connectivity index (χ0) is 12.0. The van der Waals surface area contributed by atoms with Crippen LogP contribution >= 0.6 is 11.6 Å². The van der Waals surface area contributed by atoms with Gasteiger partial charge in [-0.1, -0.05) is 17.7 Å². The van der Waals surface area contributed by atoms with E-state index in [1.54, 1.807) is 20.2 Å². The van der Waals surface area contributed by atoms with Gasteiger partial charge in [-0.2, -0.15) is 0 Å². The molecule has 0 saturated heterocycles. The summed E-state index contributed by atoms with van der Waals surface area (Å²) in [6, 6.07) is 5.53. The summed E-state index contributed by atoms with van der Waals surface area (Å²) in [7, 11) is 3.18. The lowest BCUT2D eigenvalue weighted by Crippen LogP contribution is -2.30. The quantitative estimate of drug-likeness (QED) is 0.816. The zero-order valence-corrected chi connectivity index (χ0v) is 10.1. The van der Waals surface area contributed by atoms with E-state index in [1.807, 2.05) is 12.1 Å². The average molecular weight is 243 g/mol. The number of rotatable bonds is 5. The van der Waals surface area contributed by atoms with Crippen molar-refractivity contribution < 1.29 is 9.53 Å². The summed E-state index contributed by atoms with van der Waals surface area (Å²) in [5.41, 5.74) is 1.01. The lowest BCUT2D eigenvalue weighted by Gasteiger charge is -2.07. The van der Waals surface area contributed by atoms with Crippen molar-refractivity contribution in [3.05, 3.63) is 28.8 Å². The molecule has 0 saturated carbocycles. The Morgan fingerprint density at radius 2 is 2.25 bits per heavy atom. The Morgan fingerprint density at radius 1 is 1.50 bits per heavy atom. The number of likely N-dealkylation sites (N-methyl/N-ethyl adjacent to an activating group) is 1. The van der Waals surface area contributed by atoms with Gasteiger partial charge in [0.25, 0.3) is 0 Å². The van der Waals surface area contributed by atoms with Crippen LogP contribution in [0.15, 0.2) is 18.2 Å². The van der Waals surface area contributed by atoms with E-state index in [1.165, 1.54) is 0 Å². The topological polar surface area (TPSA) is 50.4 Å². The molecular weight excluding hydrogens is 228 g/mol. The van der Waals surface area contributed by atoms with Gasteiger partial charge >= 0.3 is 0 Å². The highest BCUT2D eigenvalue weighted by molar-refractivity contribution is 6.32. The second-order valence-electron chi connectivity index (χ2n) is 3.25. The molecule has 4 nitrogen and oxygen atoms in total. The Morgan fingerprint density at radius 3 is 2.81 bits per heavy atom. The molecule has 0 bridgehead atoms. The third-order valence-corrected chi connectivity index (χ3v) is 2.41. The maximum Gasteiger partial charge on any atom is 0.233 e. The van der Waals surface area contributed by atoms with Crippen LogP contribution in [0, 0.1) is 0 Å². The Bertz CT molecular complexity index is 369. The van der Waals surface area contributed by atoms with Crippen LogP contribution in [0.4, 0.5) is 0 Å². The zero-order valence-electron chi connectivity index (χ0n) is 9.34. The molecule has 0 radical (unpaired) electrons. The SMILES string of the molecule is CNC(=O)CNCc1ccc(OC)c(Cl)c1. The highest BCUT2D eigenvalue weighted by Crippen LogP contribution is 2.24. The number of amides is 1. The predicted octanol–water partition coefficient (Wildman–Crippen LogP) is 1.18. The fourth-order valence-corrected chi connectivity index (χ4v) is 1.51. The minimum Gasteiger partial charge on any atom is -0.495 e. The van der Waals surface area contributed by atoms with Gasteiger partial charge in [-0.05, 0) is 17.7 Å². The molecule has 1 rings (SSSR count). The minimum atomic E-state index is -0.0420. The van der Waals surface area contributed by atoms with Gasteiger partial charge in [0.15, 0.2) is 0 Å². The highest BCUT2D eigenvalue weighted by Gasteiger charge is 2.02. The first kappa shape index (κ1) is 12.8. The van der Waals surface area contributed by atoms with E-state index < -0.39 is 0 Å². The fourth-order valence-electron chi connectivity index (χ4n) is 1.23. The number of ether oxygens (including phenoxy) is 1. The molecule has 0 heterocycles. The first-order valence-electron chi connectivity index (χ1n) is 4.91. The smallest absolute Gasteiger partial charge is 0.233 e. The van der Waals surface area contributed by atoms with Gasteiger partial charge in [-0.25, -0.2) is 0 Å². The van der Waals surface area contributed by atoms with Gasteiger partial charge < -0.3 is 15.4 Å². The summed E-state index contributed by atoms with van der Waals surface area (Å²) in [5, 5.41) is 6.11. The number of carbonyl (C=O) groups excluding carboxylic acids is 1. The number of halogens is 1. The second kappa shape index (κ2) is 6.35. The van der Waals surface area contributed by atoms with E-state index in [4.69, 9.17) is 16.3 Å². The van der Waals surface area contributed by atoms with Crippen molar-refractivity contribution in [1.82, 2.24) is 10.6 Å². The van der Waals surface area contributed by atoms with E-state index in [9.17, 15) is 4.79 Å². The number of hydrogen-bond donors (Lipinski definition) is 2. The number of carbonyl (C=O) groups is 1. The minimum absolute atomic E-state index is 0.0420. The second-order valence-corrected chi connectivity index (χ2v) is 3.65. The summed E-state index contributed by atoms with van der Waals surface area (Å²) in [6.07, 6.45) is 0. The molecule has 0 atom stereocenters. The largest absolute Gasteiger partial charge is 0.495 e. The Kier molecular flexibility index (Phi) is 5.08. The molecule has 0 spiro atoms. The normalized spacial score (nSPS) is 9.94. The van der Waals surface area contributed by atoms with Crippen LogP contribution in [0.3, 0.4) is 0 Å². The molecule has 88 valence electrons. The summed E-state index contributed by atoms with van der Waals surface area (Å²) >= 11 is 5.97. The van der Waals surface area contributed by atoms with Crippen LogP contribution in [-0.2, 0) is 11.3 Å². The molecule has 5 heteroatoms. The van der Waals surface area contributed by atoms with E-state index in [0.717, 1.165) is 5.56 Å². The monoisotopic (exact) mass is 242 g/mol. The molecule has 2 N–H and O–H groups in total. The third kappa shape index (κ3) is 3.72. The van der Waals surface area contributed by atoms with Crippen LogP contribution in [-0.4, -0.2) is 26.6 Å². The highest BCUT2D eigenvalue weighted by atomic mass is 35.5. The number of methoxy groups -OCH3 is 1. The van der Waals surface area contributed by atoms with E-state index in [2.05, 4.69) is 10.6 Å². The van der Waals surface area contributed by atoms with Gasteiger partial charge in [-0.3, -0.25) is 4.79 Å². The molecule has 1 amide bonds. The molecule has 0 aromatic heterocycles. The van der Waals surface area contributed by atoms with Gasteiger partial charge in [0.05, 0.1) is 18.7 Å². The van der Waals surface area contributed by atoms with Gasteiger partial charge in [0.2, 0.25) is 5.91 Å². The van der Waals surface area contributed by atoms with E-state index in [-0.39, 0.29) is 5.91 Å². The first-order chi connectivity index (χ1) is 7.67. The van der Waals surface area contributed by atoms with Gasteiger partial charge in [0, 0.05) is 13.6 Å². The summed E-state index contributed by atoms with van der Waals surface area (Å²) in [6.45, 7) is 0.886. The van der Waals surface area contributed by atoms with Crippen molar-refractivity contribution in [3.8, 4) is 5.75 Å². The molecule has 0 aliphatic rings. The van der Waals surface area contributed by atoms with Crippen molar-refractivity contribution in [2.75, 3.05) is 20.7 Å². The third-order valence-electron chi connectivity index (χ3n) is 2.11. The van der Waals surface area contributed by atoms with Crippen LogP contribution < -0.4 is 15.4 Å². The Labute approximate surface area is 99.9 Å². The van der Waals surface area contributed by atoms with E-state index >= 15 is 0 Å². The standard InChI is InChI=1S/C11H15ClN2O2/c1-13-11(15)7-14-6-8-3-4-10(16-2)9(12)5-8/h3-5,14H,6-7H2,1-2H3,(H,13,15). The maximum absolute atomic E-state index is 10.9. The van der Waals surface area contributed by atoms with Crippen molar-refractivity contribution in [2.45, 2.75) is 6.54 Å². The van der Waals surface area contributed by atoms with Crippen molar-refractivity contribution in [1.29, 1.82) is 0 Å². The molecular formula is C11H15ClN2O2. The van der Waals surface area contributed by atoms with Gasteiger partial charge in [-0.15, -0.1) is 0 Å². The first-order valence-corrected chi connectivity index (χ1v) is 5.29. The Balaban J connectivity index is 2.49. The predicted molar refractivity (Wildman–Crippen MR) is 63.8 cm³/mol. The molecule has 0 unspecified atom stereocenters.